The van der Waals surface area contributed by atoms with Gasteiger partial charge in [-0.1, -0.05) is 6.92 Å². The molecular weight excluding hydrogens is 434 g/mol. The molecule has 0 bridgehead atoms. The van der Waals surface area contributed by atoms with Crippen LogP contribution in [0.3, 0.4) is 0 Å². The van der Waals surface area contributed by atoms with Crippen LogP contribution in [0, 0.1) is 5.92 Å². The molecule has 1 aliphatic heterocycles. The maximum absolute atomic E-state index is 13.5. The van der Waals surface area contributed by atoms with Gasteiger partial charge in [-0.2, -0.15) is 0 Å². The fourth-order valence-corrected chi connectivity index (χ4v) is 4.02. The quantitative estimate of drug-likeness (QED) is 0.558. The van der Waals surface area contributed by atoms with E-state index in [2.05, 4.69) is 36.7 Å². The highest BCUT2D eigenvalue weighted by atomic mass is 16.5. The van der Waals surface area contributed by atoms with E-state index in [1.54, 1.807) is 42.0 Å². The van der Waals surface area contributed by atoms with Gasteiger partial charge in [0.2, 0.25) is 5.88 Å². The van der Waals surface area contributed by atoms with Crippen LogP contribution >= 0.6 is 0 Å². The summed E-state index contributed by atoms with van der Waals surface area (Å²) in [5.74, 6) is 0.0705. The van der Waals surface area contributed by atoms with Gasteiger partial charge in [0.1, 0.15) is 24.3 Å². The van der Waals surface area contributed by atoms with Crippen LogP contribution in [0.5, 0.6) is 5.88 Å². The molecule has 0 spiro atoms. The minimum absolute atomic E-state index is 0.00423. The zero-order chi connectivity index (χ0) is 24.1. The number of aromatic nitrogens is 5. The Bertz CT molecular complexity index is 1100. The van der Waals surface area contributed by atoms with E-state index in [-0.39, 0.29) is 36.5 Å². The van der Waals surface area contributed by atoms with Gasteiger partial charge in [-0.15, -0.1) is 0 Å². The second-order valence-electron chi connectivity index (χ2n) is 8.77. The van der Waals surface area contributed by atoms with Crippen LogP contribution in [0.2, 0.25) is 0 Å². The van der Waals surface area contributed by atoms with Gasteiger partial charge in [0.15, 0.2) is 0 Å². The number of ether oxygens (including phenoxy) is 1. The van der Waals surface area contributed by atoms with Gasteiger partial charge in [0.25, 0.3) is 5.91 Å². The molecule has 34 heavy (non-hydrogen) atoms. The van der Waals surface area contributed by atoms with Crippen molar-refractivity contribution in [3.63, 3.8) is 0 Å². The number of nitrogens with zero attached hydrogens (tertiary/aromatic N) is 7. The topological polar surface area (TPSA) is 117 Å². The molecule has 0 saturated carbocycles. The van der Waals surface area contributed by atoms with Gasteiger partial charge in [0, 0.05) is 73.2 Å². The summed E-state index contributed by atoms with van der Waals surface area (Å²) < 4.78 is 6.36. The molecule has 1 aliphatic rings. The minimum Gasteiger partial charge on any atom is -0.472 e. The molecule has 0 fully saturated rings. The van der Waals surface area contributed by atoms with Gasteiger partial charge in [-0.25, -0.2) is 24.9 Å². The lowest BCUT2D eigenvalue weighted by atomic mass is 9.99. The number of aliphatic hydroxyl groups excluding tert-OH is 1. The number of fused-ring (bicyclic) bond motifs is 1. The third-order valence-corrected chi connectivity index (χ3v) is 5.97. The van der Waals surface area contributed by atoms with E-state index in [0.29, 0.717) is 25.2 Å². The van der Waals surface area contributed by atoms with Crippen molar-refractivity contribution in [1.82, 2.24) is 34.7 Å². The van der Waals surface area contributed by atoms with E-state index in [1.807, 2.05) is 14.0 Å². The van der Waals surface area contributed by atoms with E-state index in [9.17, 15) is 9.90 Å². The Hall–Kier alpha value is -3.50. The minimum atomic E-state index is -0.343. The average Bonchev–Trinajstić information content (AvgIpc) is 2.86. The Labute approximate surface area is 198 Å². The van der Waals surface area contributed by atoms with E-state index in [0.717, 1.165) is 16.7 Å². The first kappa shape index (κ1) is 23.7. The molecule has 4 rings (SSSR count). The van der Waals surface area contributed by atoms with Gasteiger partial charge in [-0.05, 0) is 20.0 Å². The van der Waals surface area contributed by atoms with Crippen molar-refractivity contribution >= 4 is 5.91 Å². The molecule has 1 N–H and O–H groups in total. The number of aliphatic hydroxyl groups is 1. The third-order valence-electron chi connectivity index (χ3n) is 5.97. The molecule has 178 valence electrons. The van der Waals surface area contributed by atoms with Crippen LogP contribution in [-0.2, 0) is 6.54 Å². The lowest BCUT2D eigenvalue weighted by molar-refractivity contribution is 0.0325. The van der Waals surface area contributed by atoms with Crippen LogP contribution < -0.4 is 4.74 Å². The van der Waals surface area contributed by atoms with E-state index in [4.69, 9.17) is 4.74 Å². The lowest BCUT2D eigenvalue weighted by Gasteiger charge is -2.37. The normalized spacial score (nSPS) is 19.2. The number of hydrogen-bond acceptors (Lipinski definition) is 9. The van der Waals surface area contributed by atoms with E-state index >= 15 is 0 Å². The van der Waals surface area contributed by atoms with Gasteiger partial charge in [-0.3, -0.25) is 9.69 Å². The fraction of sp³-hybridized carbons (Fsp3) is 0.417. The van der Waals surface area contributed by atoms with Crippen molar-refractivity contribution in [2.75, 3.05) is 26.7 Å². The number of carbonyl (C=O) groups is 1. The smallest absolute Gasteiger partial charge is 0.259 e. The number of likely N-dealkylation sites (N-methyl/N-ethyl adjacent to an activating group) is 1. The predicted octanol–water partition coefficient (Wildman–Crippen LogP) is 1.68. The van der Waals surface area contributed by atoms with Crippen molar-refractivity contribution < 1.29 is 14.6 Å². The Morgan fingerprint density at radius 3 is 2.47 bits per heavy atom. The average molecular weight is 464 g/mol. The van der Waals surface area contributed by atoms with Gasteiger partial charge in [0.05, 0.1) is 12.6 Å². The summed E-state index contributed by atoms with van der Waals surface area (Å²) in [4.78, 5) is 38.2. The number of hydrogen-bond donors (Lipinski definition) is 1. The van der Waals surface area contributed by atoms with Crippen molar-refractivity contribution in [1.29, 1.82) is 0 Å². The van der Waals surface area contributed by atoms with Crippen molar-refractivity contribution in [2.45, 2.75) is 32.5 Å². The first-order chi connectivity index (χ1) is 16.5. The summed E-state index contributed by atoms with van der Waals surface area (Å²) in [5.41, 5.74) is 2.84. The molecule has 0 aliphatic carbocycles. The highest BCUT2D eigenvalue weighted by Gasteiger charge is 2.34. The standard InChI is InChI=1S/C24H29N7O3/c1-16-10-31(17(2)13-32)24(33)21-4-19(20-7-27-15-28-8-20)9-29-23(21)34-22(16)12-30(3)11-18-5-25-14-26-6-18/h4-9,14-17,22,32H,10-13H2,1-3H3/t16-,17+,22-/m0/s1. The van der Waals surface area contributed by atoms with Crippen LogP contribution in [0.1, 0.15) is 29.8 Å². The lowest BCUT2D eigenvalue weighted by Crippen LogP contribution is -2.49. The molecule has 10 nitrogen and oxygen atoms in total. The Morgan fingerprint density at radius 2 is 1.79 bits per heavy atom. The third kappa shape index (κ3) is 5.35. The Morgan fingerprint density at radius 1 is 1.12 bits per heavy atom. The molecule has 3 atom stereocenters. The molecule has 0 radical (unpaired) electrons. The SMILES string of the molecule is C[C@H](CO)N1C[C@H](C)[C@H](CN(C)Cc2cncnc2)Oc2ncc(-c3cncnc3)cc2C1=O. The predicted molar refractivity (Wildman–Crippen MR) is 125 cm³/mol. The van der Waals surface area contributed by atoms with E-state index in [1.165, 1.54) is 12.7 Å². The summed E-state index contributed by atoms with van der Waals surface area (Å²) in [7, 11) is 2.01. The van der Waals surface area contributed by atoms with Crippen LogP contribution in [0.25, 0.3) is 11.1 Å². The first-order valence-corrected chi connectivity index (χ1v) is 11.2. The number of rotatable bonds is 7. The van der Waals surface area contributed by atoms with Crippen LogP contribution in [0.15, 0.2) is 49.7 Å². The zero-order valence-corrected chi connectivity index (χ0v) is 19.6. The summed E-state index contributed by atoms with van der Waals surface area (Å²) in [6.45, 7) is 5.48. The monoisotopic (exact) mass is 463 g/mol. The van der Waals surface area contributed by atoms with Crippen molar-refractivity contribution in [2.24, 2.45) is 5.92 Å². The maximum Gasteiger partial charge on any atom is 0.259 e. The van der Waals surface area contributed by atoms with Gasteiger partial charge < -0.3 is 14.7 Å². The maximum atomic E-state index is 13.5. The molecular formula is C24H29N7O3. The second-order valence-corrected chi connectivity index (χ2v) is 8.77. The Balaban J connectivity index is 1.65. The molecule has 0 saturated heterocycles. The Kier molecular flexibility index (Phi) is 7.39. The molecule has 3 aromatic heterocycles. The first-order valence-electron chi connectivity index (χ1n) is 11.2. The fourth-order valence-electron chi connectivity index (χ4n) is 4.02. The molecule has 0 aromatic carbocycles. The molecule has 3 aromatic rings. The molecule has 1 amide bonds. The second kappa shape index (κ2) is 10.6. The van der Waals surface area contributed by atoms with Gasteiger partial charge >= 0.3 is 0 Å². The largest absolute Gasteiger partial charge is 0.472 e. The number of pyridine rings is 1. The van der Waals surface area contributed by atoms with Crippen molar-refractivity contribution in [3.8, 4) is 17.0 Å². The number of amides is 1. The summed E-state index contributed by atoms with van der Waals surface area (Å²) in [6.07, 6.45) is 11.3. The van der Waals surface area contributed by atoms with Crippen LogP contribution in [0.4, 0.5) is 0 Å². The van der Waals surface area contributed by atoms with E-state index < -0.39 is 0 Å². The number of carbonyl (C=O) groups excluding carboxylic acids is 1. The summed E-state index contributed by atoms with van der Waals surface area (Å²) in [6, 6.07) is 1.42. The molecule has 0 unspecified atom stereocenters. The van der Waals surface area contributed by atoms with Crippen LogP contribution in [-0.4, -0.2) is 84.6 Å². The molecule has 4 heterocycles. The summed E-state index contributed by atoms with van der Waals surface area (Å²) >= 11 is 0. The zero-order valence-electron chi connectivity index (χ0n) is 19.6. The highest BCUT2D eigenvalue weighted by Crippen LogP contribution is 2.30. The highest BCUT2D eigenvalue weighted by molar-refractivity contribution is 5.98. The summed E-state index contributed by atoms with van der Waals surface area (Å²) in [5, 5.41) is 9.83. The van der Waals surface area contributed by atoms with Crippen molar-refractivity contribution in [3.05, 3.63) is 60.8 Å². The molecule has 10 heteroatoms.